The van der Waals surface area contributed by atoms with Crippen molar-refractivity contribution in [2.75, 3.05) is 19.6 Å². The molecule has 1 unspecified atom stereocenters. The molecule has 4 N–H and O–H groups in total. The molecule has 0 rings (SSSR count). The van der Waals surface area contributed by atoms with Crippen molar-refractivity contribution in [3.05, 3.63) is 0 Å². The van der Waals surface area contributed by atoms with E-state index in [0.717, 1.165) is 0 Å². The minimum Gasteiger partial charge on any atom is -0.481 e. The summed E-state index contributed by atoms with van der Waals surface area (Å²) < 4.78 is 0. The van der Waals surface area contributed by atoms with Crippen LogP contribution in [0.5, 0.6) is 0 Å². The van der Waals surface area contributed by atoms with E-state index in [-0.39, 0.29) is 24.3 Å². The lowest BCUT2D eigenvalue weighted by molar-refractivity contribution is -0.138. The molecule has 7 heteroatoms. The lowest BCUT2D eigenvalue weighted by atomic mass is 10.0. The number of carbonyl (C=O) groups is 3. The summed E-state index contributed by atoms with van der Waals surface area (Å²) in [5.41, 5.74) is 0. The molecule has 0 fully saturated rings. The number of urea groups is 1. The Hall–Kier alpha value is -1.79. The quantitative estimate of drug-likeness (QED) is 0.457. The maximum absolute atomic E-state index is 11.3. The van der Waals surface area contributed by atoms with Gasteiger partial charge in [-0.15, -0.1) is 0 Å². The van der Waals surface area contributed by atoms with Crippen LogP contribution in [0.2, 0.25) is 0 Å². The molecule has 0 aliphatic carbocycles. The average Bonchev–Trinajstić information content (AvgIpc) is 2.29. The number of rotatable bonds is 8. The van der Waals surface area contributed by atoms with Crippen molar-refractivity contribution in [3.8, 4) is 0 Å². The molecule has 0 aliphatic heterocycles. The molecular formula is C11H21N3O4. The van der Waals surface area contributed by atoms with Gasteiger partial charge < -0.3 is 21.1 Å². The molecule has 0 aromatic heterocycles. The fourth-order valence-electron chi connectivity index (χ4n) is 1.32. The third-order valence-electron chi connectivity index (χ3n) is 2.38. The van der Waals surface area contributed by atoms with Crippen LogP contribution in [-0.2, 0) is 9.59 Å². The van der Waals surface area contributed by atoms with E-state index in [1.54, 1.807) is 0 Å². The second-order valence-electron chi connectivity index (χ2n) is 3.99. The topological polar surface area (TPSA) is 108 Å². The van der Waals surface area contributed by atoms with E-state index in [1.165, 1.54) is 6.92 Å². The SMILES string of the molecule is CCC(CNC(=O)NCCNC(C)=O)CC(=O)O. The van der Waals surface area contributed by atoms with Crippen LogP contribution in [0.15, 0.2) is 0 Å². The number of nitrogens with one attached hydrogen (secondary N) is 3. The van der Waals surface area contributed by atoms with E-state index < -0.39 is 5.97 Å². The van der Waals surface area contributed by atoms with Gasteiger partial charge in [-0.05, 0) is 5.92 Å². The molecular weight excluding hydrogens is 238 g/mol. The molecule has 104 valence electrons. The Balaban J connectivity index is 3.67. The Morgan fingerprint density at radius 1 is 1.11 bits per heavy atom. The number of carboxylic acid groups (broad SMARTS) is 1. The summed E-state index contributed by atoms with van der Waals surface area (Å²) in [5.74, 6) is -1.08. The van der Waals surface area contributed by atoms with Crippen molar-refractivity contribution in [1.29, 1.82) is 0 Å². The van der Waals surface area contributed by atoms with Crippen molar-refractivity contribution in [2.45, 2.75) is 26.7 Å². The van der Waals surface area contributed by atoms with Crippen LogP contribution in [0.4, 0.5) is 4.79 Å². The van der Waals surface area contributed by atoms with Gasteiger partial charge in [-0.1, -0.05) is 13.3 Å². The summed E-state index contributed by atoms with van der Waals surface area (Å²) in [6.07, 6.45) is 0.737. The zero-order chi connectivity index (χ0) is 14.0. The minimum absolute atomic E-state index is 0.0443. The summed E-state index contributed by atoms with van der Waals surface area (Å²) in [7, 11) is 0. The highest BCUT2D eigenvalue weighted by atomic mass is 16.4. The standard InChI is InChI=1S/C11H21N3O4/c1-3-9(6-10(16)17)7-14-11(18)13-5-4-12-8(2)15/h9H,3-7H2,1-2H3,(H,12,15)(H,16,17)(H2,13,14,18). The molecule has 3 amide bonds. The Morgan fingerprint density at radius 2 is 1.72 bits per heavy atom. The third-order valence-corrected chi connectivity index (χ3v) is 2.38. The van der Waals surface area contributed by atoms with Crippen LogP contribution in [0.25, 0.3) is 0 Å². The number of amides is 3. The Bertz CT molecular complexity index is 294. The van der Waals surface area contributed by atoms with Gasteiger partial charge in [-0.3, -0.25) is 9.59 Å². The molecule has 0 aliphatic rings. The van der Waals surface area contributed by atoms with Crippen LogP contribution in [-0.4, -0.2) is 42.6 Å². The van der Waals surface area contributed by atoms with Gasteiger partial charge in [0.25, 0.3) is 0 Å². The number of hydrogen-bond acceptors (Lipinski definition) is 3. The van der Waals surface area contributed by atoms with E-state index in [0.29, 0.717) is 26.1 Å². The van der Waals surface area contributed by atoms with Crippen LogP contribution in [0.1, 0.15) is 26.7 Å². The Morgan fingerprint density at radius 3 is 2.22 bits per heavy atom. The predicted molar refractivity (Wildman–Crippen MR) is 66.1 cm³/mol. The van der Waals surface area contributed by atoms with Gasteiger partial charge in [0.15, 0.2) is 0 Å². The molecule has 7 nitrogen and oxygen atoms in total. The predicted octanol–water partition coefficient (Wildman–Crippen LogP) is -0.0774. The molecule has 0 radical (unpaired) electrons. The zero-order valence-electron chi connectivity index (χ0n) is 10.8. The largest absolute Gasteiger partial charge is 0.481 e. The number of carboxylic acids is 1. The van der Waals surface area contributed by atoms with E-state index in [2.05, 4.69) is 16.0 Å². The van der Waals surface area contributed by atoms with Crippen LogP contribution < -0.4 is 16.0 Å². The van der Waals surface area contributed by atoms with Crippen molar-refractivity contribution in [2.24, 2.45) is 5.92 Å². The third kappa shape index (κ3) is 9.44. The monoisotopic (exact) mass is 259 g/mol. The van der Waals surface area contributed by atoms with Crippen LogP contribution >= 0.6 is 0 Å². The highest BCUT2D eigenvalue weighted by Gasteiger charge is 2.12. The van der Waals surface area contributed by atoms with Crippen LogP contribution in [0, 0.1) is 5.92 Å². The van der Waals surface area contributed by atoms with Gasteiger partial charge in [0.2, 0.25) is 5.91 Å². The van der Waals surface area contributed by atoms with Gasteiger partial charge in [0.05, 0.1) is 0 Å². The van der Waals surface area contributed by atoms with E-state index in [4.69, 9.17) is 5.11 Å². The number of hydrogen-bond donors (Lipinski definition) is 4. The fourth-order valence-corrected chi connectivity index (χ4v) is 1.32. The summed E-state index contributed by atoms with van der Waals surface area (Å²) >= 11 is 0. The summed E-state index contributed by atoms with van der Waals surface area (Å²) in [5, 5.41) is 16.3. The molecule has 1 atom stereocenters. The van der Waals surface area contributed by atoms with Gasteiger partial charge in [-0.25, -0.2) is 4.79 Å². The normalized spacial score (nSPS) is 11.4. The second-order valence-corrected chi connectivity index (χ2v) is 3.99. The summed E-state index contributed by atoms with van der Waals surface area (Å²) in [6.45, 7) is 4.31. The first-order chi connectivity index (χ1) is 8.45. The Labute approximate surface area is 106 Å². The second kappa shape index (κ2) is 9.26. The van der Waals surface area contributed by atoms with Gasteiger partial charge in [-0.2, -0.15) is 0 Å². The van der Waals surface area contributed by atoms with E-state index in [9.17, 15) is 14.4 Å². The van der Waals surface area contributed by atoms with Gasteiger partial charge >= 0.3 is 12.0 Å². The van der Waals surface area contributed by atoms with Gasteiger partial charge in [0, 0.05) is 33.0 Å². The molecule has 0 spiro atoms. The van der Waals surface area contributed by atoms with Crippen molar-refractivity contribution < 1.29 is 19.5 Å². The van der Waals surface area contributed by atoms with Crippen molar-refractivity contribution >= 4 is 17.9 Å². The first kappa shape index (κ1) is 16.2. The summed E-state index contributed by atoms with van der Waals surface area (Å²) in [6, 6.07) is -0.357. The molecule has 0 bridgehead atoms. The lowest BCUT2D eigenvalue weighted by Crippen LogP contribution is -2.41. The number of carbonyl (C=O) groups excluding carboxylic acids is 2. The van der Waals surface area contributed by atoms with E-state index in [1.807, 2.05) is 6.92 Å². The number of aliphatic carboxylic acids is 1. The molecule has 0 aromatic rings. The van der Waals surface area contributed by atoms with Gasteiger partial charge in [0.1, 0.15) is 0 Å². The van der Waals surface area contributed by atoms with Crippen molar-refractivity contribution in [3.63, 3.8) is 0 Å². The molecule has 0 heterocycles. The molecule has 0 aromatic carbocycles. The molecule has 0 saturated heterocycles. The highest BCUT2D eigenvalue weighted by molar-refractivity contribution is 5.74. The summed E-state index contributed by atoms with van der Waals surface area (Å²) in [4.78, 5) is 32.4. The van der Waals surface area contributed by atoms with Crippen molar-refractivity contribution in [1.82, 2.24) is 16.0 Å². The molecule has 18 heavy (non-hydrogen) atoms. The maximum atomic E-state index is 11.3. The first-order valence-corrected chi connectivity index (χ1v) is 5.93. The average molecular weight is 259 g/mol. The minimum atomic E-state index is -0.866. The zero-order valence-corrected chi connectivity index (χ0v) is 10.8. The smallest absolute Gasteiger partial charge is 0.314 e. The Kier molecular flexibility index (Phi) is 8.34. The fraction of sp³-hybridized carbons (Fsp3) is 0.727. The highest BCUT2D eigenvalue weighted by Crippen LogP contribution is 2.06. The first-order valence-electron chi connectivity index (χ1n) is 5.93. The lowest BCUT2D eigenvalue weighted by Gasteiger charge is -2.14. The van der Waals surface area contributed by atoms with E-state index >= 15 is 0 Å². The molecule has 0 saturated carbocycles. The van der Waals surface area contributed by atoms with Crippen LogP contribution in [0.3, 0.4) is 0 Å². The maximum Gasteiger partial charge on any atom is 0.314 e.